The van der Waals surface area contributed by atoms with E-state index >= 15 is 0 Å². The first-order chi connectivity index (χ1) is 16.3. The Bertz CT molecular complexity index is 1130. The van der Waals surface area contributed by atoms with Gasteiger partial charge in [0.25, 0.3) is 0 Å². The maximum absolute atomic E-state index is 13.5. The molecular formula is C26H29N3O3S. The van der Waals surface area contributed by atoms with Crippen molar-refractivity contribution in [3.63, 3.8) is 0 Å². The van der Waals surface area contributed by atoms with Gasteiger partial charge in [0.2, 0.25) is 5.91 Å². The molecule has 0 spiro atoms. The molecule has 2 aromatic carbocycles. The summed E-state index contributed by atoms with van der Waals surface area (Å²) in [6.07, 6.45) is 5.42. The Morgan fingerprint density at radius 2 is 1.82 bits per heavy atom. The summed E-state index contributed by atoms with van der Waals surface area (Å²) >= 11 is 1.77. The number of fused-ring (bicyclic) bond motifs is 2. The highest BCUT2D eigenvalue weighted by Gasteiger charge is 2.34. The Morgan fingerprint density at radius 1 is 0.970 bits per heavy atom. The van der Waals surface area contributed by atoms with Crippen molar-refractivity contribution < 1.29 is 14.3 Å². The van der Waals surface area contributed by atoms with Gasteiger partial charge in [0, 0.05) is 6.54 Å². The molecule has 0 saturated carbocycles. The standard InChI is InChI=1S/C26H29N3O3S/c30-25(29-13-5-8-20(29)18-10-11-22-23(16-18)32-15-14-31-22)17-28-12-4-3-7-21(28)26-27-19-6-1-2-9-24(19)33-26/h1-2,6,9-11,16,20-21H,3-5,7-8,12-15,17H2. The first-order valence-corrected chi connectivity index (χ1v) is 12.9. The lowest BCUT2D eigenvalue weighted by Gasteiger charge is -2.36. The first-order valence-electron chi connectivity index (χ1n) is 12.0. The van der Waals surface area contributed by atoms with Gasteiger partial charge < -0.3 is 14.4 Å². The van der Waals surface area contributed by atoms with Crippen LogP contribution in [0.5, 0.6) is 11.5 Å². The minimum atomic E-state index is 0.110. The van der Waals surface area contributed by atoms with Crippen LogP contribution in [0.25, 0.3) is 10.2 Å². The van der Waals surface area contributed by atoms with E-state index in [2.05, 4.69) is 40.1 Å². The molecule has 1 amide bonds. The van der Waals surface area contributed by atoms with Crippen molar-refractivity contribution in [3.8, 4) is 11.5 Å². The van der Waals surface area contributed by atoms with Crippen LogP contribution in [-0.4, -0.2) is 53.5 Å². The van der Waals surface area contributed by atoms with Gasteiger partial charge in [0.05, 0.1) is 28.8 Å². The number of carbonyl (C=O) groups is 1. The first kappa shape index (κ1) is 20.9. The molecule has 3 aliphatic rings. The Hall–Kier alpha value is -2.64. The summed E-state index contributed by atoms with van der Waals surface area (Å²) in [6.45, 7) is 3.39. The number of likely N-dealkylation sites (tertiary alicyclic amines) is 2. The summed E-state index contributed by atoms with van der Waals surface area (Å²) in [7, 11) is 0. The number of benzene rings is 2. The molecule has 0 radical (unpaired) electrons. The van der Waals surface area contributed by atoms with Crippen molar-refractivity contribution >= 4 is 27.5 Å². The van der Waals surface area contributed by atoms with E-state index in [4.69, 9.17) is 14.5 Å². The van der Waals surface area contributed by atoms with Gasteiger partial charge in [-0.2, -0.15) is 0 Å². The Morgan fingerprint density at radius 3 is 2.73 bits per heavy atom. The topological polar surface area (TPSA) is 54.9 Å². The number of hydrogen-bond acceptors (Lipinski definition) is 6. The smallest absolute Gasteiger partial charge is 0.237 e. The van der Waals surface area contributed by atoms with Crippen LogP contribution in [0.15, 0.2) is 42.5 Å². The van der Waals surface area contributed by atoms with Crippen LogP contribution in [-0.2, 0) is 4.79 Å². The number of rotatable bonds is 4. The lowest BCUT2D eigenvalue weighted by molar-refractivity contribution is -0.134. The molecule has 1 aromatic heterocycles. The number of carbonyl (C=O) groups excluding carboxylic acids is 1. The van der Waals surface area contributed by atoms with E-state index in [1.165, 1.54) is 11.1 Å². The van der Waals surface area contributed by atoms with E-state index in [1.807, 2.05) is 12.1 Å². The number of ether oxygens (including phenoxy) is 2. The highest BCUT2D eigenvalue weighted by molar-refractivity contribution is 7.18. The Kier molecular flexibility index (Phi) is 5.68. The van der Waals surface area contributed by atoms with E-state index in [1.54, 1.807) is 11.3 Å². The molecule has 172 valence electrons. The van der Waals surface area contributed by atoms with E-state index in [0.29, 0.717) is 19.8 Å². The summed E-state index contributed by atoms with van der Waals surface area (Å²) in [5.41, 5.74) is 2.21. The minimum Gasteiger partial charge on any atom is -0.486 e. The van der Waals surface area contributed by atoms with Gasteiger partial charge in [0.15, 0.2) is 11.5 Å². The lowest BCUT2D eigenvalue weighted by atomic mass is 10.0. The third-order valence-corrected chi connectivity index (χ3v) is 8.21. The molecule has 2 fully saturated rings. The highest BCUT2D eigenvalue weighted by Crippen LogP contribution is 2.39. The van der Waals surface area contributed by atoms with Gasteiger partial charge in [0.1, 0.15) is 18.2 Å². The van der Waals surface area contributed by atoms with Crippen LogP contribution in [0.1, 0.15) is 54.8 Å². The number of thiazole rings is 1. The number of hydrogen-bond donors (Lipinski definition) is 0. The normalized spacial score (nSPS) is 23.2. The van der Waals surface area contributed by atoms with Crippen LogP contribution >= 0.6 is 11.3 Å². The molecule has 7 heteroatoms. The molecular weight excluding hydrogens is 434 g/mol. The van der Waals surface area contributed by atoms with Gasteiger partial charge in [-0.25, -0.2) is 4.98 Å². The molecule has 6 rings (SSSR count). The van der Waals surface area contributed by atoms with Gasteiger partial charge in [-0.1, -0.05) is 24.6 Å². The largest absolute Gasteiger partial charge is 0.486 e. The SMILES string of the molecule is O=C(CN1CCCCC1c1nc2ccccc2s1)N1CCCC1c1ccc2c(c1)OCCO2. The van der Waals surface area contributed by atoms with Crippen molar-refractivity contribution in [1.29, 1.82) is 0 Å². The molecule has 3 aromatic rings. The molecule has 0 aliphatic carbocycles. The molecule has 0 N–H and O–H groups in total. The van der Waals surface area contributed by atoms with Gasteiger partial charge in [-0.15, -0.1) is 11.3 Å². The zero-order valence-corrected chi connectivity index (χ0v) is 19.6. The number of nitrogens with zero attached hydrogens (tertiary/aromatic N) is 3. The second kappa shape index (κ2) is 8.95. The van der Waals surface area contributed by atoms with Crippen molar-refractivity contribution in [2.45, 2.75) is 44.2 Å². The highest BCUT2D eigenvalue weighted by atomic mass is 32.1. The van der Waals surface area contributed by atoms with Crippen molar-refractivity contribution in [2.24, 2.45) is 0 Å². The maximum Gasteiger partial charge on any atom is 0.237 e. The predicted molar refractivity (Wildman–Crippen MR) is 129 cm³/mol. The minimum absolute atomic E-state index is 0.110. The molecule has 33 heavy (non-hydrogen) atoms. The molecule has 6 nitrogen and oxygen atoms in total. The molecule has 2 saturated heterocycles. The van der Waals surface area contributed by atoms with E-state index in [-0.39, 0.29) is 18.0 Å². The third-order valence-electron chi connectivity index (χ3n) is 7.07. The summed E-state index contributed by atoms with van der Waals surface area (Å²) < 4.78 is 12.7. The molecule has 3 aliphatic heterocycles. The van der Waals surface area contributed by atoms with Crippen LogP contribution in [0.2, 0.25) is 0 Å². The fourth-order valence-electron chi connectivity index (χ4n) is 5.44. The van der Waals surface area contributed by atoms with Crippen LogP contribution < -0.4 is 9.47 Å². The van der Waals surface area contributed by atoms with Crippen LogP contribution in [0.3, 0.4) is 0 Å². The van der Waals surface area contributed by atoms with E-state index in [0.717, 1.165) is 66.4 Å². The Labute approximate surface area is 198 Å². The molecule has 2 unspecified atom stereocenters. The van der Waals surface area contributed by atoms with Gasteiger partial charge >= 0.3 is 0 Å². The fraction of sp³-hybridized carbons (Fsp3) is 0.462. The average molecular weight is 464 g/mol. The summed E-state index contributed by atoms with van der Waals surface area (Å²) in [5, 5.41) is 1.15. The zero-order chi connectivity index (χ0) is 22.2. The van der Waals surface area contributed by atoms with E-state index < -0.39 is 0 Å². The van der Waals surface area contributed by atoms with Crippen LogP contribution in [0.4, 0.5) is 0 Å². The number of amides is 1. The van der Waals surface area contributed by atoms with E-state index in [9.17, 15) is 4.79 Å². The van der Waals surface area contributed by atoms with Crippen molar-refractivity contribution in [3.05, 3.63) is 53.0 Å². The molecule has 0 bridgehead atoms. The Balaban J connectivity index is 1.20. The monoisotopic (exact) mass is 463 g/mol. The number of piperidine rings is 1. The summed E-state index contributed by atoms with van der Waals surface area (Å²) in [4.78, 5) is 22.9. The lowest BCUT2D eigenvalue weighted by Crippen LogP contribution is -2.43. The second-order valence-electron chi connectivity index (χ2n) is 9.15. The summed E-state index contributed by atoms with van der Waals surface area (Å²) in [6, 6.07) is 14.8. The van der Waals surface area contributed by atoms with Crippen molar-refractivity contribution in [1.82, 2.24) is 14.8 Å². The fourth-order valence-corrected chi connectivity index (χ4v) is 6.57. The average Bonchev–Trinajstić information content (AvgIpc) is 3.51. The predicted octanol–water partition coefficient (Wildman–Crippen LogP) is 4.96. The number of para-hydroxylation sites is 1. The zero-order valence-electron chi connectivity index (χ0n) is 18.7. The molecule has 2 atom stereocenters. The summed E-state index contributed by atoms with van der Waals surface area (Å²) in [5.74, 6) is 1.82. The quantitative estimate of drug-likeness (QED) is 0.548. The maximum atomic E-state index is 13.5. The van der Waals surface area contributed by atoms with Gasteiger partial charge in [-0.05, 0) is 62.1 Å². The third kappa shape index (κ3) is 4.08. The van der Waals surface area contributed by atoms with Gasteiger partial charge in [-0.3, -0.25) is 9.69 Å². The van der Waals surface area contributed by atoms with Crippen LogP contribution in [0, 0.1) is 0 Å². The second-order valence-corrected chi connectivity index (χ2v) is 10.2. The van der Waals surface area contributed by atoms with Crippen molar-refractivity contribution in [2.75, 3.05) is 32.8 Å². The molecule has 4 heterocycles. The number of aromatic nitrogens is 1.